The normalized spacial score (nSPS) is 20.4. The fraction of sp³-hybridized carbons (Fsp3) is 0.619. The Morgan fingerprint density at radius 2 is 1.58 bits per heavy atom. The Balaban J connectivity index is 2.06. The third kappa shape index (κ3) is 4.52. The summed E-state index contributed by atoms with van der Waals surface area (Å²) in [6, 6.07) is 10.7. The van der Waals surface area contributed by atoms with Crippen molar-refractivity contribution in [1.82, 2.24) is 0 Å². The van der Waals surface area contributed by atoms with Crippen LogP contribution in [0, 0.1) is 11.8 Å². The minimum absolute atomic E-state index is 0.297. The molecule has 1 aromatic carbocycles. The first-order chi connectivity index (χ1) is 11.1. The highest BCUT2D eigenvalue weighted by Gasteiger charge is 2.52. The number of hydrogen-bond donors (Lipinski definition) is 0. The molecule has 0 amide bonds. The van der Waals surface area contributed by atoms with Crippen molar-refractivity contribution in [3.8, 4) is 0 Å². The molecule has 1 fully saturated rings. The van der Waals surface area contributed by atoms with Crippen molar-refractivity contribution in [3.63, 3.8) is 0 Å². The zero-order valence-electron chi connectivity index (χ0n) is 16.3. The summed E-state index contributed by atoms with van der Waals surface area (Å²) in [5, 5.41) is 0. The molecule has 1 aliphatic rings. The van der Waals surface area contributed by atoms with Crippen LogP contribution in [0.1, 0.15) is 59.9 Å². The second-order valence-electron chi connectivity index (χ2n) is 8.51. The Morgan fingerprint density at radius 3 is 2.08 bits per heavy atom. The summed E-state index contributed by atoms with van der Waals surface area (Å²) in [6.45, 7) is 17.3. The Bertz CT molecular complexity index is 532. The molecule has 0 aromatic heterocycles. The molecule has 2 rings (SSSR count). The fourth-order valence-corrected chi connectivity index (χ4v) is 3.20. The van der Waals surface area contributed by atoms with Crippen LogP contribution in [0.25, 0.3) is 0 Å². The van der Waals surface area contributed by atoms with Crippen LogP contribution in [0.4, 0.5) is 0 Å². The molecule has 1 saturated heterocycles. The second kappa shape index (κ2) is 7.45. The van der Waals surface area contributed by atoms with Gasteiger partial charge in [0.25, 0.3) is 0 Å². The third-order valence-corrected chi connectivity index (χ3v) is 5.46. The molecule has 1 atom stereocenters. The lowest BCUT2D eigenvalue weighted by Gasteiger charge is -2.32. The van der Waals surface area contributed by atoms with Gasteiger partial charge in [0.15, 0.2) is 0 Å². The summed E-state index contributed by atoms with van der Waals surface area (Å²) < 4.78 is 12.4. The lowest BCUT2D eigenvalue weighted by molar-refractivity contribution is 0.00578. The van der Waals surface area contributed by atoms with Crippen LogP contribution >= 0.6 is 0 Å². The van der Waals surface area contributed by atoms with E-state index in [1.807, 2.05) is 0 Å². The molecule has 0 N–H and O–H groups in total. The molecular formula is C21H33BO2. The van der Waals surface area contributed by atoms with Gasteiger partial charge in [0.2, 0.25) is 0 Å². The highest BCUT2D eigenvalue weighted by molar-refractivity contribution is 6.54. The van der Waals surface area contributed by atoms with Crippen molar-refractivity contribution >= 4 is 7.12 Å². The highest BCUT2D eigenvalue weighted by atomic mass is 16.7. The average Bonchev–Trinajstić information content (AvgIpc) is 2.72. The zero-order valence-corrected chi connectivity index (χ0v) is 16.3. The molecule has 0 aliphatic carbocycles. The summed E-state index contributed by atoms with van der Waals surface area (Å²) in [6.07, 6.45) is 3.28. The number of allylic oxidation sites excluding steroid dienone is 1. The van der Waals surface area contributed by atoms with Gasteiger partial charge in [0.05, 0.1) is 11.2 Å². The minimum Gasteiger partial charge on any atom is -0.400 e. The molecule has 3 heteroatoms. The van der Waals surface area contributed by atoms with Gasteiger partial charge in [-0.15, -0.1) is 6.58 Å². The van der Waals surface area contributed by atoms with Crippen molar-refractivity contribution in [2.75, 3.05) is 0 Å². The van der Waals surface area contributed by atoms with Gasteiger partial charge >= 0.3 is 7.12 Å². The van der Waals surface area contributed by atoms with Gasteiger partial charge in [-0.1, -0.05) is 44.2 Å². The first kappa shape index (κ1) is 19.3. The lowest BCUT2D eigenvalue weighted by Crippen LogP contribution is -2.41. The number of rotatable bonds is 7. The molecule has 1 aromatic rings. The maximum Gasteiger partial charge on any atom is 0.490 e. The molecule has 1 heterocycles. The fourth-order valence-electron chi connectivity index (χ4n) is 3.20. The molecule has 1 unspecified atom stereocenters. The smallest absolute Gasteiger partial charge is 0.400 e. The van der Waals surface area contributed by atoms with Crippen LogP contribution in [0.3, 0.4) is 0 Å². The maximum absolute atomic E-state index is 6.22. The van der Waals surface area contributed by atoms with E-state index in [1.165, 1.54) is 5.56 Å². The highest BCUT2D eigenvalue weighted by Crippen LogP contribution is 2.40. The van der Waals surface area contributed by atoms with Crippen molar-refractivity contribution in [2.45, 2.75) is 72.0 Å². The SMILES string of the molecule is C=C(B1OC(C)(C)C(C)(C)O1)C(CCc1ccccc1)CC(C)C. The molecule has 1 aliphatic heterocycles. The van der Waals surface area contributed by atoms with E-state index in [9.17, 15) is 0 Å². The summed E-state index contributed by atoms with van der Waals surface area (Å²) in [4.78, 5) is 0. The number of hydrogen-bond acceptors (Lipinski definition) is 2. The monoisotopic (exact) mass is 328 g/mol. The first-order valence-corrected chi connectivity index (χ1v) is 9.20. The quantitative estimate of drug-likeness (QED) is 0.618. The molecule has 2 nitrogen and oxygen atoms in total. The standard InChI is InChI=1S/C21H33BO2/c1-16(2)15-19(14-13-18-11-9-8-10-12-18)17(3)22-23-20(4,5)21(6,7)24-22/h8-12,16,19H,3,13-15H2,1-2,4-7H3. The van der Waals surface area contributed by atoms with Crippen molar-refractivity contribution in [1.29, 1.82) is 0 Å². The molecule has 24 heavy (non-hydrogen) atoms. The largest absolute Gasteiger partial charge is 0.490 e. The van der Waals surface area contributed by atoms with Gasteiger partial charge < -0.3 is 9.31 Å². The Morgan fingerprint density at radius 1 is 1.04 bits per heavy atom. The predicted molar refractivity (Wildman–Crippen MR) is 103 cm³/mol. The minimum atomic E-state index is -0.303. The Kier molecular flexibility index (Phi) is 5.98. The summed E-state index contributed by atoms with van der Waals surface area (Å²) in [7, 11) is -0.297. The topological polar surface area (TPSA) is 18.5 Å². The van der Waals surface area contributed by atoms with Gasteiger partial charge in [-0.25, -0.2) is 0 Å². The lowest BCUT2D eigenvalue weighted by atomic mass is 9.68. The molecule has 0 radical (unpaired) electrons. The van der Waals surface area contributed by atoms with E-state index in [2.05, 4.69) is 78.5 Å². The van der Waals surface area contributed by atoms with E-state index in [1.54, 1.807) is 0 Å². The zero-order chi connectivity index (χ0) is 18.0. The Labute approximate surface area is 148 Å². The molecule has 132 valence electrons. The van der Waals surface area contributed by atoms with Crippen LogP contribution in [-0.2, 0) is 15.7 Å². The molecule has 0 spiro atoms. The van der Waals surface area contributed by atoms with E-state index in [0.29, 0.717) is 11.8 Å². The average molecular weight is 328 g/mol. The number of benzene rings is 1. The maximum atomic E-state index is 6.22. The second-order valence-corrected chi connectivity index (χ2v) is 8.51. The first-order valence-electron chi connectivity index (χ1n) is 9.20. The van der Waals surface area contributed by atoms with Crippen molar-refractivity contribution < 1.29 is 9.31 Å². The summed E-state index contributed by atoms with van der Waals surface area (Å²) in [5.74, 6) is 1.05. The van der Waals surface area contributed by atoms with Crippen LogP contribution < -0.4 is 0 Å². The van der Waals surface area contributed by atoms with E-state index >= 15 is 0 Å². The van der Waals surface area contributed by atoms with Crippen LogP contribution in [-0.4, -0.2) is 18.3 Å². The van der Waals surface area contributed by atoms with Crippen LogP contribution in [0.5, 0.6) is 0 Å². The molecular weight excluding hydrogens is 295 g/mol. The van der Waals surface area contributed by atoms with E-state index < -0.39 is 0 Å². The third-order valence-electron chi connectivity index (χ3n) is 5.46. The van der Waals surface area contributed by atoms with E-state index in [-0.39, 0.29) is 18.3 Å². The number of aryl methyl sites for hydroxylation is 1. The van der Waals surface area contributed by atoms with Gasteiger partial charge in [0, 0.05) is 0 Å². The molecule has 0 saturated carbocycles. The van der Waals surface area contributed by atoms with Crippen molar-refractivity contribution in [2.24, 2.45) is 11.8 Å². The Hall–Kier alpha value is -1.06. The van der Waals surface area contributed by atoms with E-state index in [0.717, 1.165) is 24.7 Å². The van der Waals surface area contributed by atoms with E-state index in [4.69, 9.17) is 9.31 Å². The van der Waals surface area contributed by atoms with Crippen molar-refractivity contribution in [3.05, 3.63) is 47.9 Å². The molecule has 0 bridgehead atoms. The van der Waals surface area contributed by atoms with Gasteiger partial charge in [-0.2, -0.15) is 0 Å². The van der Waals surface area contributed by atoms with Crippen LogP contribution in [0.2, 0.25) is 0 Å². The van der Waals surface area contributed by atoms with Gasteiger partial charge in [-0.3, -0.25) is 0 Å². The van der Waals surface area contributed by atoms with Gasteiger partial charge in [0.1, 0.15) is 0 Å². The van der Waals surface area contributed by atoms with Gasteiger partial charge in [-0.05, 0) is 69.8 Å². The summed E-state index contributed by atoms with van der Waals surface area (Å²) >= 11 is 0. The predicted octanol–water partition coefficient (Wildman–Crippen LogP) is 5.47. The summed E-state index contributed by atoms with van der Waals surface area (Å²) in [5.41, 5.74) is 1.87. The van der Waals surface area contributed by atoms with Crippen LogP contribution in [0.15, 0.2) is 42.4 Å².